The van der Waals surface area contributed by atoms with E-state index in [4.69, 9.17) is 26.2 Å². The zero-order valence-electron chi connectivity index (χ0n) is 9.42. The van der Waals surface area contributed by atoms with E-state index in [1.54, 1.807) is 5.09 Å². The number of carboxylic acids is 3. The van der Waals surface area contributed by atoms with Crippen LogP contribution in [-0.2, 0) is 23.5 Å². The number of rotatable bonds is 7. The molecule has 0 saturated heterocycles. The maximum absolute atomic E-state index is 9.98. The Bertz CT molecular complexity index is 386. The fourth-order valence-electron chi connectivity index (χ4n) is 0.577. The normalized spacial score (nSPS) is 12.5. The highest BCUT2D eigenvalue weighted by Crippen LogP contribution is 1.97. The van der Waals surface area contributed by atoms with E-state index in [9.17, 15) is 23.5 Å². The van der Waals surface area contributed by atoms with Gasteiger partial charge in [0.15, 0.2) is 0 Å². The zero-order valence-corrected chi connectivity index (χ0v) is 10.3. The first-order valence-electron chi connectivity index (χ1n) is 4.56. The predicted molar refractivity (Wildman–Crippen MR) is 57.8 cm³/mol. The molecule has 0 aromatic heterocycles. The first kappa shape index (κ1) is 19.5. The van der Waals surface area contributed by atoms with Crippen molar-refractivity contribution in [3.63, 3.8) is 0 Å². The highest BCUT2D eigenvalue weighted by molar-refractivity contribution is 7.28. The number of nitrogens with one attached hydrogen (secondary N) is 1. The smallest absolute Gasteiger partial charge is 0.396 e. The van der Waals surface area contributed by atoms with E-state index in [0.29, 0.717) is 0 Å². The van der Waals surface area contributed by atoms with Crippen LogP contribution in [0.4, 0.5) is 0 Å². The van der Waals surface area contributed by atoms with Crippen molar-refractivity contribution in [3.05, 3.63) is 0 Å². The number of nitrogens with two attached hydrogens (primary N) is 1. The molecule has 0 bridgehead atoms. The molecular weight excluding hydrogens is 287 g/mol. The van der Waals surface area contributed by atoms with Crippen LogP contribution >= 0.6 is 7.83 Å². The maximum atomic E-state index is 9.98. The van der Waals surface area contributed by atoms with Crippen molar-refractivity contribution in [2.45, 2.75) is 18.5 Å². The molecule has 2 unspecified atom stereocenters. The van der Waals surface area contributed by atoms with Gasteiger partial charge in [-0.1, -0.05) is 0 Å². The summed E-state index contributed by atoms with van der Waals surface area (Å²) in [5, 5.41) is 34.0. The van der Waals surface area contributed by atoms with Crippen LogP contribution < -0.4 is 10.8 Å². The lowest BCUT2D eigenvalue weighted by atomic mass is 10.2. The maximum Gasteiger partial charge on any atom is 0.396 e. The molecule has 19 heavy (non-hydrogen) atoms. The number of hydrogen-bond acceptors (Lipinski definition) is 7. The van der Waals surface area contributed by atoms with Crippen molar-refractivity contribution < 1.29 is 43.9 Å². The van der Waals surface area contributed by atoms with Crippen LogP contribution in [0.25, 0.3) is 0 Å². The van der Waals surface area contributed by atoms with Crippen LogP contribution in [0.1, 0.15) is 6.42 Å². The average Bonchev–Trinajstić information content (AvgIpc) is 2.25. The summed E-state index contributed by atoms with van der Waals surface area (Å²) in [5.74, 6) is -3.90. The highest BCUT2D eigenvalue weighted by atomic mass is 31.1. The molecule has 0 aliphatic rings. The summed E-state index contributed by atoms with van der Waals surface area (Å²) in [6.07, 6.45) is -0.532. The van der Waals surface area contributed by atoms with Crippen LogP contribution in [-0.4, -0.2) is 57.0 Å². The van der Waals surface area contributed by atoms with E-state index in [2.05, 4.69) is 0 Å². The average molecular weight is 300 g/mol. The monoisotopic (exact) mass is 300 g/mol. The molecule has 0 aliphatic carbocycles. The predicted octanol–water partition coefficient (Wildman–Crippen LogP) is -2.02. The molecule has 11 nitrogen and oxygen atoms in total. The minimum absolute atomic E-state index is 0.532. The second kappa shape index (κ2) is 10.1. The summed E-state index contributed by atoms with van der Waals surface area (Å²) in [4.78, 5) is 29.6. The molecule has 0 aromatic carbocycles. The minimum atomic E-state index is -2.97. The van der Waals surface area contributed by atoms with E-state index < -0.39 is 50.9 Å². The lowest BCUT2D eigenvalue weighted by Gasteiger charge is -2.02. The van der Waals surface area contributed by atoms with Crippen LogP contribution in [0.15, 0.2) is 0 Å². The number of hydrogen-bond donors (Lipinski definition) is 6. The summed E-state index contributed by atoms with van der Waals surface area (Å²) < 4.78 is 19.6. The Morgan fingerprint density at radius 3 is 1.68 bits per heavy atom. The third-order valence-electron chi connectivity index (χ3n) is 1.45. The van der Waals surface area contributed by atoms with Gasteiger partial charge in [-0.25, -0.2) is 9.13 Å². The van der Waals surface area contributed by atoms with Crippen molar-refractivity contribution in [2.75, 3.05) is 6.61 Å². The standard InChI is InChI=1S/C4H7NO4.C3H6NO5P/c5-2(4(8)9)1-3(6)7;5-1-2(3(6)7)4-10(8)9/h2H,1,5H2,(H,6,7)(H,8,9);2,5H,1H2,(H,6,7)(H,4,8,9). The third kappa shape index (κ3) is 12.4. The third-order valence-corrected chi connectivity index (χ3v) is 1.98. The molecular formula is C7H13N2O9P. The fraction of sp³-hybridized carbons (Fsp3) is 0.571. The first-order valence-corrected chi connectivity index (χ1v) is 5.74. The first-order chi connectivity index (χ1) is 8.61. The summed E-state index contributed by atoms with van der Waals surface area (Å²) in [5.41, 5.74) is 4.84. The second-order valence-electron chi connectivity index (χ2n) is 3.00. The molecule has 110 valence electrons. The van der Waals surface area contributed by atoms with E-state index in [-0.39, 0.29) is 0 Å². The topological polar surface area (TPSA) is 204 Å². The van der Waals surface area contributed by atoms with Gasteiger partial charge in [-0.2, -0.15) is 5.09 Å². The molecule has 0 aliphatic heterocycles. The van der Waals surface area contributed by atoms with Crippen molar-refractivity contribution in [1.29, 1.82) is 0 Å². The van der Waals surface area contributed by atoms with Gasteiger partial charge in [-0.15, -0.1) is 0 Å². The summed E-state index contributed by atoms with van der Waals surface area (Å²) >= 11 is 0. The molecule has 2 atom stereocenters. The lowest BCUT2D eigenvalue weighted by Crippen LogP contribution is -2.34. The minimum Gasteiger partial charge on any atom is -0.481 e. The van der Waals surface area contributed by atoms with Gasteiger partial charge >= 0.3 is 25.7 Å². The van der Waals surface area contributed by atoms with E-state index in [0.717, 1.165) is 0 Å². The molecule has 0 spiro atoms. The Morgan fingerprint density at radius 1 is 1.11 bits per heavy atom. The number of aliphatic hydroxyl groups excluding tert-OH is 1. The molecule has 0 rings (SSSR count). The second-order valence-corrected chi connectivity index (χ2v) is 3.77. The van der Waals surface area contributed by atoms with Gasteiger partial charge in [0, 0.05) is 0 Å². The number of aliphatic carboxylic acids is 3. The SMILES string of the molecule is NC(CC(=O)O)C(=O)O.O=C(O)C(CO)NP(=O)=O. The van der Waals surface area contributed by atoms with Gasteiger partial charge in [0.05, 0.1) is 13.0 Å². The molecule has 0 aromatic rings. The Hall–Kier alpha value is -1.81. The summed E-state index contributed by atoms with van der Waals surface area (Å²) in [6, 6.07) is -2.72. The van der Waals surface area contributed by atoms with E-state index >= 15 is 0 Å². The number of carboxylic acid groups (broad SMARTS) is 3. The molecule has 0 saturated carbocycles. The Morgan fingerprint density at radius 2 is 1.58 bits per heavy atom. The molecule has 7 N–H and O–H groups in total. The fourth-order valence-corrected chi connectivity index (χ4v) is 1.02. The molecule has 0 fully saturated rings. The van der Waals surface area contributed by atoms with Crippen LogP contribution in [0.5, 0.6) is 0 Å². The van der Waals surface area contributed by atoms with Crippen molar-refractivity contribution in [3.8, 4) is 0 Å². The van der Waals surface area contributed by atoms with Gasteiger partial charge in [0.25, 0.3) is 0 Å². The molecule has 0 amide bonds. The van der Waals surface area contributed by atoms with Gasteiger partial charge in [-0.05, 0) is 0 Å². The summed E-state index contributed by atoms with van der Waals surface area (Å²) in [6.45, 7) is -0.751. The van der Waals surface area contributed by atoms with Gasteiger partial charge in [0.1, 0.15) is 12.1 Å². The Balaban J connectivity index is 0. The summed E-state index contributed by atoms with van der Waals surface area (Å²) in [7, 11) is -2.97. The largest absolute Gasteiger partial charge is 0.481 e. The van der Waals surface area contributed by atoms with E-state index in [1.165, 1.54) is 0 Å². The zero-order chi connectivity index (χ0) is 15.6. The van der Waals surface area contributed by atoms with Crippen LogP contribution in [0, 0.1) is 0 Å². The quantitative estimate of drug-likeness (QED) is 0.283. The van der Waals surface area contributed by atoms with E-state index in [1.807, 2.05) is 0 Å². The number of aliphatic hydroxyl groups is 1. The van der Waals surface area contributed by atoms with Crippen molar-refractivity contribution in [2.24, 2.45) is 5.73 Å². The number of carbonyl (C=O) groups is 3. The van der Waals surface area contributed by atoms with Crippen molar-refractivity contribution in [1.82, 2.24) is 5.09 Å². The van der Waals surface area contributed by atoms with Crippen LogP contribution in [0.2, 0.25) is 0 Å². The molecule has 0 radical (unpaired) electrons. The van der Waals surface area contributed by atoms with Crippen LogP contribution in [0.3, 0.4) is 0 Å². The Labute approximate surface area is 106 Å². The van der Waals surface area contributed by atoms with Gasteiger partial charge in [-0.3, -0.25) is 14.4 Å². The highest BCUT2D eigenvalue weighted by Gasteiger charge is 2.16. The van der Waals surface area contributed by atoms with Gasteiger partial charge in [0.2, 0.25) is 0 Å². The van der Waals surface area contributed by atoms with Crippen molar-refractivity contribution >= 4 is 25.7 Å². The Kier molecular flexibility index (Phi) is 10.4. The molecule has 0 heterocycles. The van der Waals surface area contributed by atoms with Gasteiger partial charge < -0.3 is 26.2 Å². The lowest BCUT2D eigenvalue weighted by molar-refractivity contribution is -0.144. The molecule has 12 heteroatoms.